The molecular formula is C18H24N10. The number of rotatable bonds is 4. The molecule has 0 saturated carbocycles. The molecule has 0 radical (unpaired) electrons. The summed E-state index contributed by atoms with van der Waals surface area (Å²) in [5.41, 5.74) is 12.8. The maximum atomic E-state index is 8.21. The zero-order valence-corrected chi connectivity index (χ0v) is 15.5. The molecule has 0 spiro atoms. The topological polar surface area (TPSA) is 166 Å². The summed E-state index contributed by atoms with van der Waals surface area (Å²) in [5, 5.41) is 34.6. The largest absolute Gasteiger partial charge is 0.370 e. The fourth-order valence-electron chi connectivity index (χ4n) is 2.14. The molecule has 0 unspecified atom stereocenters. The summed E-state index contributed by atoms with van der Waals surface area (Å²) in [6.45, 7) is 0.405. The molecule has 0 aliphatic rings. The van der Waals surface area contributed by atoms with Crippen LogP contribution in [0.15, 0.2) is 65.8 Å². The minimum absolute atomic E-state index is 0.158. The van der Waals surface area contributed by atoms with Gasteiger partial charge in [-0.25, -0.2) is 0 Å². The van der Waals surface area contributed by atoms with Crippen molar-refractivity contribution in [2.75, 3.05) is 12.4 Å². The van der Waals surface area contributed by atoms with E-state index in [9.17, 15) is 0 Å². The molecule has 28 heavy (non-hydrogen) atoms. The Morgan fingerprint density at radius 3 is 2.04 bits per heavy atom. The lowest BCUT2D eigenvalue weighted by Gasteiger charge is -2.24. The van der Waals surface area contributed by atoms with Crippen molar-refractivity contribution in [3.8, 4) is 0 Å². The van der Waals surface area contributed by atoms with Gasteiger partial charge in [-0.1, -0.05) is 48.5 Å². The Morgan fingerprint density at radius 1 is 0.929 bits per heavy atom. The highest BCUT2D eigenvalue weighted by atomic mass is 15.6. The highest BCUT2D eigenvalue weighted by molar-refractivity contribution is 6.04. The lowest BCUT2D eigenvalue weighted by Crippen LogP contribution is -2.49. The first-order valence-corrected chi connectivity index (χ1v) is 8.37. The Balaban J connectivity index is 2.24. The van der Waals surface area contributed by atoms with Crippen molar-refractivity contribution in [1.29, 1.82) is 16.2 Å². The van der Waals surface area contributed by atoms with Gasteiger partial charge in [-0.15, -0.1) is 5.10 Å². The van der Waals surface area contributed by atoms with Crippen molar-refractivity contribution in [2.24, 2.45) is 16.6 Å². The van der Waals surface area contributed by atoms with Gasteiger partial charge in [0.2, 0.25) is 17.9 Å². The summed E-state index contributed by atoms with van der Waals surface area (Å²) in [4.78, 5) is 1.29. The van der Waals surface area contributed by atoms with Crippen LogP contribution in [0.5, 0.6) is 0 Å². The van der Waals surface area contributed by atoms with Gasteiger partial charge in [0.25, 0.3) is 0 Å². The van der Waals surface area contributed by atoms with Crippen LogP contribution in [-0.2, 0) is 6.54 Å². The van der Waals surface area contributed by atoms with E-state index in [4.69, 9.17) is 27.7 Å². The van der Waals surface area contributed by atoms with Crippen molar-refractivity contribution in [3.63, 3.8) is 0 Å². The first kappa shape index (κ1) is 20.2. The fourth-order valence-corrected chi connectivity index (χ4v) is 2.14. The van der Waals surface area contributed by atoms with Crippen LogP contribution in [0.3, 0.4) is 0 Å². The van der Waals surface area contributed by atoms with Crippen molar-refractivity contribution in [3.05, 3.63) is 66.2 Å². The van der Waals surface area contributed by atoms with Gasteiger partial charge in [0.1, 0.15) is 0 Å². The molecule has 0 fully saturated rings. The Kier molecular flexibility index (Phi) is 6.92. The molecule has 0 aliphatic heterocycles. The molecule has 10 heteroatoms. The number of guanidine groups is 4. The van der Waals surface area contributed by atoms with Gasteiger partial charge in [-0.3, -0.25) is 21.1 Å². The number of hydrogen-bond acceptors (Lipinski definition) is 4. The van der Waals surface area contributed by atoms with Crippen LogP contribution in [-0.4, -0.2) is 40.8 Å². The molecule has 2 rings (SSSR count). The molecule has 0 aromatic heterocycles. The fraction of sp³-hybridized carbons (Fsp3) is 0.111. The number of benzene rings is 2. The van der Waals surface area contributed by atoms with Gasteiger partial charge in [0.05, 0.1) is 0 Å². The van der Waals surface area contributed by atoms with Gasteiger partial charge in [-0.2, -0.15) is 5.01 Å². The molecule has 0 atom stereocenters. The number of nitrogens with zero attached hydrogens (tertiary/aromatic N) is 3. The minimum Gasteiger partial charge on any atom is -0.370 e. The van der Waals surface area contributed by atoms with E-state index in [0.29, 0.717) is 12.2 Å². The second-order valence-corrected chi connectivity index (χ2v) is 5.74. The summed E-state index contributed by atoms with van der Waals surface area (Å²) in [7, 11) is 1.55. The van der Waals surface area contributed by atoms with E-state index in [-0.39, 0.29) is 17.9 Å². The average Bonchev–Trinajstić information content (AvgIpc) is 2.68. The minimum atomic E-state index is -0.468. The monoisotopic (exact) mass is 380 g/mol. The molecule has 2 aromatic rings. The van der Waals surface area contributed by atoms with Gasteiger partial charge < -0.3 is 22.1 Å². The second-order valence-electron chi connectivity index (χ2n) is 5.74. The molecule has 0 amide bonds. The molecule has 9 N–H and O–H groups in total. The number of hydrogen-bond donors (Lipinski definition) is 7. The lowest BCUT2D eigenvalue weighted by molar-refractivity contribution is 0.583. The van der Waals surface area contributed by atoms with Crippen LogP contribution in [0.4, 0.5) is 5.69 Å². The molecule has 146 valence electrons. The SMILES string of the molecule is CN(C(=N)N)C(=NN(C(=N)N)C(=N)Nc1ccccc1)NCc1ccccc1. The predicted octanol–water partition coefficient (Wildman–Crippen LogP) is 1.11. The third-order valence-corrected chi connectivity index (χ3v) is 3.64. The summed E-state index contributed by atoms with van der Waals surface area (Å²) < 4.78 is 0. The number of nitrogens with one attached hydrogen (secondary N) is 5. The second kappa shape index (κ2) is 9.57. The molecule has 0 heterocycles. The average molecular weight is 380 g/mol. The van der Waals surface area contributed by atoms with Crippen LogP contribution >= 0.6 is 0 Å². The number of hydrazone groups is 1. The van der Waals surface area contributed by atoms with Crippen molar-refractivity contribution < 1.29 is 0 Å². The zero-order chi connectivity index (χ0) is 20.5. The summed E-state index contributed by atoms with van der Waals surface area (Å²) >= 11 is 0. The highest BCUT2D eigenvalue weighted by Gasteiger charge is 2.17. The van der Waals surface area contributed by atoms with E-state index in [1.165, 1.54) is 4.90 Å². The van der Waals surface area contributed by atoms with Gasteiger partial charge >= 0.3 is 0 Å². The highest BCUT2D eigenvalue weighted by Crippen LogP contribution is 2.07. The summed E-state index contributed by atoms with van der Waals surface area (Å²) in [6, 6.07) is 18.6. The quantitative estimate of drug-likeness (QED) is 0.238. The molecule has 10 nitrogen and oxygen atoms in total. The Hall–Kier alpha value is -4.08. The summed E-state index contributed by atoms with van der Waals surface area (Å²) in [5.74, 6) is -0.796. The summed E-state index contributed by atoms with van der Waals surface area (Å²) in [6.07, 6.45) is 0. The first-order valence-electron chi connectivity index (χ1n) is 8.37. The first-order chi connectivity index (χ1) is 13.4. The molecule has 0 saturated heterocycles. The standard InChI is InChI=1S/C18H24N10/c1-27(15(19)20)18(24-12-13-8-4-2-5-9-13)26-28(16(21)22)17(23)25-14-10-6-3-7-11-14/h2-11H,12H2,1H3,(H3,19,20)(H3,21,22)(H2,23,25)(H,24,26). The van der Waals surface area contributed by atoms with Crippen LogP contribution in [0.1, 0.15) is 5.56 Å². The third-order valence-electron chi connectivity index (χ3n) is 3.64. The van der Waals surface area contributed by atoms with Crippen LogP contribution < -0.4 is 22.1 Å². The van der Waals surface area contributed by atoms with Gasteiger partial charge in [0, 0.05) is 19.3 Å². The van der Waals surface area contributed by atoms with E-state index < -0.39 is 5.96 Å². The Bertz CT molecular complexity index is 847. The van der Waals surface area contributed by atoms with Crippen LogP contribution in [0.25, 0.3) is 0 Å². The van der Waals surface area contributed by atoms with Gasteiger partial charge in [-0.05, 0) is 17.7 Å². The normalized spacial score (nSPS) is 10.7. The maximum absolute atomic E-state index is 8.21. The molecule has 2 aromatic carbocycles. The predicted molar refractivity (Wildman–Crippen MR) is 112 cm³/mol. The molecular weight excluding hydrogens is 356 g/mol. The van der Waals surface area contributed by atoms with Crippen LogP contribution in [0.2, 0.25) is 0 Å². The van der Waals surface area contributed by atoms with Gasteiger partial charge in [0.15, 0.2) is 5.96 Å². The number of para-hydroxylation sites is 1. The van der Waals surface area contributed by atoms with E-state index in [1.54, 1.807) is 19.2 Å². The lowest BCUT2D eigenvalue weighted by atomic mass is 10.2. The van der Waals surface area contributed by atoms with E-state index in [0.717, 1.165) is 10.6 Å². The molecule has 0 bridgehead atoms. The third kappa shape index (κ3) is 5.73. The van der Waals surface area contributed by atoms with E-state index in [1.807, 2.05) is 48.5 Å². The smallest absolute Gasteiger partial charge is 0.224 e. The van der Waals surface area contributed by atoms with Crippen LogP contribution in [0, 0.1) is 16.2 Å². The Morgan fingerprint density at radius 2 is 1.50 bits per heavy atom. The van der Waals surface area contributed by atoms with Crippen molar-refractivity contribution >= 4 is 29.5 Å². The number of nitrogens with two attached hydrogens (primary N) is 2. The van der Waals surface area contributed by atoms with Crippen molar-refractivity contribution in [2.45, 2.75) is 6.54 Å². The van der Waals surface area contributed by atoms with E-state index >= 15 is 0 Å². The maximum Gasteiger partial charge on any atom is 0.224 e. The zero-order valence-electron chi connectivity index (χ0n) is 15.5. The van der Waals surface area contributed by atoms with E-state index in [2.05, 4.69) is 15.7 Å². The Labute approximate surface area is 163 Å². The number of anilines is 1. The van der Waals surface area contributed by atoms with Crippen molar-refractivity contribution in [1.82, 2.24) is 15.2 Å². The molecule has 0 aliphatic carbocycles.